The van der Waals surface area contributed by atoms with Gasteiger partial charge in [0.15, 0.2) is 0 Å². The number of nitrogens with zero attached hydrogens (tertiary/aromatic N) is 4. The lowest BCUT2D eigenvalue weighted by Gasteiger charge is -2.45. The molecule has 4 rings (SSSR count). The molecule has 1 saturated heterocycles. The van der Waals surface area contributed by atoms with Crippen molar-refractivity contribution in [2.24, 2.45) is 5.41 Å². The lowest BCUT2D eigenvalue weighted by Crippen LogP contribution is -2.56. The number of aromatic nitrogens is 2. The van der Waals surface area contributed by atoms with Gasteiger partial charge >= 0.3 is 0 Å². The summed E-state index contributed by atoms with van der Waals surface area (Å²) in [4.78, 5) is 48.0. The van der Waals surface area contributed by atoms with E-state index in [4.69, 9.17) is 11.6 Å². The zero-order chi connectivity index (χ0) is 26.7. The lowest BCUT2D eigenvalue weighted by molar-refractivity contribution is -0.142. The van der Waals surface area contributed by atoms with E-state index in [2.05, 4.69) is 34.4 Å². The van der Waals surface area contributed by atoms with Crippen LogP contribution in [0.2, 0.25) is 5.02 Å². The number of hydrogen-bond acceptors (Lipinski definition) is 6. The quantitative estimate of drug-likeness (QED) is 0.446. The van der Waals surface area contributed by atoms with E-state index in [0.717, 1.165) is 17.8 Å². The van der Waals surface area contributed by atoms with Crippen molar-refractivity contribution >= 4 is 40.1 Å². The second-order valence-electron chi connectivity index (χ2n) is 10.5. The highest BCUT2D eigenvalue weighted by Gasteiger charge is 2.37. The van der Waals surface area contributed by atoms with Crippen molar-refractivity contribution in [3.8, 4) is 0 Å². The predicted molar refractivity (Wildman–Crippen MR) is 146 cm³/mol. The molecule has 196 valence electrons. The van der Waals surface area contributed by atoms with E-state index in [-0.39, 0.29) is 30.0 Å². The summed E-state index contributed by atoms with van der Waals surface area (Å²) in [5.41, 5.74) is 1.43. The second-order valence-corrected chi connectivity index (χ2v) is 10.9. The zero-order valence-corrected chi connectivity index (χ0v) is 22.4. The summed E-state index contributed by atoms with van der Waals surface area (Å²) in [7, 11) is 3.96. The van der Waals surface area contributed by atoms with Gasteiger partial charge in [-0.3, -0.25) is 19.0 Å². The number of likely N-dealkylation sites (tertiary alicyclic amines) is 1. The summed E-state index contributed by atoms with van der Waals surface area (Å²) in [6.45, 7) is 6.95. The number of amides is 2. The molecule has 2 amide bonds. The number of nitrogens with one attached hydrogen (secondary N) is 2. The average Bonchev–Trinajstić information content (AvgIpc) is 2.83. The molecule has 1 fully saturated rings. The van der Waals surface area contributed by atoms with Crippen LogP contribution in [0, 0.1) is 5.41 Å². The van der Waals surface area contributed by atoms with E-state index >= 15 is 0 Å². The Labute approximate surface area is 221 Å². The molecule has 1 aliphatic heterocycles. The highest BCUT2D eigenvalue weighted by atomic mass is 35.5. The number of likely N-dealkylation sites (N-methyl/N-ethyl adjacent to an activating group) is 1. The van der Waals surface area contributed by atoms with Crippen molar-refractivity contribution in [1.29, 1.82) is 0 Å². The van der Waals surface area contributed by atoms with E-state index in [1.54, 1.807) is 29.3 Å². The number of halogens is 1. The van der Waals surface area contributed by atoms with Crippen LogP contribution in [0.25, 0.3) is 11.0 Å². The monoisotopic (exact) mass is 524 g/mol. The van der Waals surface area contributed by atoms with Gasteiger partial charge in [-0.05, 0) is 49.3 Å². The van der Waals surface area contributed by atoms with Gasteiger partial charge in [0.2, 0.25) is 5.91 Å². The minimum Gasteiger partial charge on any atom is -0.383 e. The SMILES string of the molecule is CN(C)CCNc1ccnc2c1cc(C(=O)NCc1ccc(Cl)cc1)c(=O)n2CC(=O)N1CC(C)(C)C1. The van der Waals surface area contributed by atoms with Gasteiger partial charge in [-0.2, -0.15) is 0 Å². The summed E-state index contributed by atoms with van der Waals surface area (Å²) >= 11 is 5.95. The van der Waals surface area contributed by atoms with Crippen LogP contribution in [0.4, 0.5) is 5.69 Å². The van der Waals surface area contributed by atoms with Crippen LogP contribution in [0.3, 0.4) is 0 Å². The van der Waals surface area contributed by atoms with Gasteiger partial charge in [0.25, 0.3) is 11.5 Å². The Morgan fingerprint density at radius 1 is 1.14 bits per heavy atom. The maximum atomic E-state index is 13.5. The molecule has 0 spiro atoms. The molecule has 2 N–H and O–H groups in total. The summed E-state index contributed by atoms with van der Waals surface area (Å²) in [5, 5.41) is 7.39. The topological polar surface area (TPSA) is 99.6 Å². The first-order valence-corrected chi connectivity index (χ1v) is 12.6. The number of fused-ring (bicyclic) bond motifs is 1. The fraction of sp³-hybridized carbons (Fsp3) is 0.407. The van der Waals surface area contributed by atoms with Gasteiger partial charge in [0.1, 0.15) is 17.8 Å². The molecule has 0 unspecified atom stereocenters. The molecule has 3 aromatic rings. The molecule has 0 bridgehead atoms. The Morgan fingerprint density at radius 3 is 2.49 bits per heavy atom. The molecule has 2 aromatic heterocycles. The molecule has 1 aliphatic rings. The van der Waals surface area contributed by atoms with Crippen molar-refractivity contribution in [1.82, 2.24) is 24.7 Å². The third-order valence-electron chi connectivity index (χ3n) is 6.36. The first-order chi connectivity index (χ1) is 17.5. The van der Waals surface area contributed by atoms with Gasteiger partial charge in [0.05, 0.1) is 0 Å². The van der Waals surface area contributed by atoms with Crippen LogP contribution in [0.1, 0.15) is 29.8 Å². The summed E-state index contributed by atoms with van der Waals surface area (Å²) in [5.74, 6) is -0.689. The average molecular weight is 525 g/mol. The van der Waals surface area contributed by atoms with E-state index in [1.807, 2.05) is 32.3 Å². The van der Waals surface area contributed by atoms with Gasteiger partial charge in [-0.1, -0.05) is 37.6 Å². The zero-order valence-electron chi connectivity index (χ0n) is 21.7. The number of hydrogen-bond donors (Lipinski definition) is 2. The first-order valence-electron chi connectivity index (χ1n) is 12.3. The van der Waals surface area contributed by atoms with Gasteiger partial charge in [0, 0.05) is 55.0 Å². The highest BCUT2D eigenvalue weighted by Crippen LogP contribution is 2.29. The molecule has 9 nitrogen and oxygen atoms in total. The van der Waals surface area contributed by atoms with E-state index in [1.165, 1.54) is 4.57 Å². The number of rotatable bonds is 9. The standard InChI is InChI=1S/C27H33ClN6O3/c1-27(2)16-33(17-27)23(35)15-34-24-20(22(9-10-30-24)29-11-12-32(3)4)13-21(26(34)37)25(36)31-14-18-5-7-19(28)8-6-18/h5-10,13H,11-12,14-17H2,1-4H3,(H,29,30)(H,31,36). The molecule has 0 aliphatic carbocycles. The smallest absolute Gasteiger partial charge is 0.265 e. The molecule has 0 saturated carbocycles. The molecule has 37 heavy (non-hydrogen) atoms. The molecule has 10 heteroatoms. The number of benzene rings is 1. The first kappa shape index (κ1) is 26.6. The third-order valence-corrected chi connectivity index (χ3v) is 6.61. The molecule has 1 aromatic carbocycles. The van der Waals surface area contributed by atoms with E-state index in [0.29, 0.717) is 35.7 Å². The van der Waals surface area contributed by atoms with Crippen molar-refractivity contribution < 1.29 is 9.59 Å². The Bertz CT molecular complexity index is 1360. The molecule has 0 atom stereocenters. The second kappa shape index (κ2) is 10.9. The lowest BCUT2D eigenvalue weighted by atomic mass is 9.84. The molecule has 3 heterocycles. The van der Waals surface area contributed by atoms with Crippen molar-refractivity contribution in [2.45, 2.75) is 26.9 Å². The van der Waals surface area contributed by atoms with Crippen LogP contribution >= 0.6 is 11.6 Å². The van der Waals surface area contributed by atoms with Crippen molar-refractivity contribution in [2.75, 3.05) is 45.6 Å². The maximum absolute atomic E-state index is 13.5. The van der Waals surface area contributed by atoms with Crippen LogP contribution in [0.15, 0.2) is 47.4 Å². The predicted octanol–water partition coefficient (Wildman–Crippen LogP) is 2.82. The van der Waals surface area contributed by atoms with Gasteiger partial charge in [-0.15, -0.1) is 0 Å². The number of carbonyl (C=O) groups excluding carboxylic acids is 2. The minimum absolute atomic E-state index is 0.0399. The van der Waals surface area contributed by atoms with Gasteiger partial charge < -0.3 is 20.4 Å². The number of anilines is 1. The van der Waals surface area contributed by atoms with E-state index in [9.17, 15) is 14.4 Å². The van der Waals surface area contributed by atoms with Crippen LogP contribution in [-0.4, -0.2) is 71.4 Å². The maximum Gasteiger partial charge on any atom is 0.265 e. The van der Waals surface area contributed by atoms with Crippen LogP contribution < -0.4 is 16.2 Å². The molecular weight excluding hydrogens is 492 g/mol. The number of carbonyl (C=O) groups is 2. The van der Waals surface area contributed by atoms with Crippen LogP contribution in [0.5, 0.6) is 0 Å². The summed E-state index contributed by atoms with van der Waals surface area (Å²) < 4.78 is 1.32. The van der Waals surface area contributed by atoms with Crippen LogP contribution in [-0.2, 0) is 17.9 Å². The summed E-state index contributed by atoms with van der Waals surface area (Å²) in [6, 6.07) is 10.5. The fourth-order valence-electron chi connectivity index (χ4n) is 4.42. The Kier molecular flexibility index (Phi) is 7.85. The highest BCUT2D eigenvalue weighted by molar-refractivity contribution is 6.30. The van der Waals surface area contributed by atoms with Crippen molar-refractivity contribution in [3.63, 3.8) is 0 Å². The molecular formula is C27H33ClN6O3. The molecule has 0 radical (unpaired) electrons. The number of pyridine rings is 2. The Hall–Kier alpha value is -3.43. The minimum atomic E-state index is -0.549. The largest absolute Gasteiger partial charge is 0.383 e. The van der Waals surface area contributed by atoms with Gasteiger partial charge in [-0.25, -0.2) is 4.98 Å². The summed E-state index contributed by atoms with van der Waals surface area (Å²) in [6.07, 6.45) is 1.60. The Morgan fingerprint density at radius 2 is 1.84 bits per heavy atom. The third kappa shape index (κ3) is 6.29. The van der Waals surface area contributed by atoms with Crippen molar-refractivity contribution in [3.05, 3.63) is 69.1 Å². The van der Waals surface area contributed by atoms with E-state index < -0.39 is 11.5 Å². The Balaban J connectivity index is 1.68. The normalized spacial score (nSPS) is 14.5. The fourth-order valence-corrected chi connectivity index (χ4v) is 4.55.